The van der Waals surface area contributed by atoms with Gasteiger partial charge in [-0.25, -0.2) is 4.98 Å². The lowest BCUT2D eigenvalue weighted by molar-refractivity contribution is -0.121. The van der Waals surface area contributed by atoms with Gasteiger partial charge >= 0.3 is 0 Å². The number of primary amides is 1. The Hall–Kier alpha value is -1.40. The van der Waals surface area contributed by atoms with E-state index < -0.39 is 0 Å². The van der Waals surface area contributed by atoms with Crippen molar-refractivity contribution in [1.29, 1.82) is 0 Å². The molecule has 1 heterocycles. The summed E-state index contributed by atoms with van der Waals surface area (Å²) in [5, 5.41) is 3.19. The number of carbonyl (C=O) groups excluding carboxylic acids is 1. The van der Waals surface area contributed by atoms with Crippen molar-refractivity contribution in [3.8, 4) is 0 Å². The highest BCUT2D eigenvalue weighted by molar-refractivity contribution is 5.78. The number of ether oxygens (including phenoxy) is 1. The minimum absolute atomic E-state index is 0.322. The number of amides is 1. The molecule has 1 aromatic heterocycles. The number of nitrogens with one attached hydrogen (secondary N) is 1. The quantitative estimate of drug-likeness (QED) is 0.629. The van der Waals surface area contributed by atoms with Crippen LogP contribution in [-0.2, 0) is 16.1 Å². The standard InChI is InChI=1S/C11H20N4O2/c1-3-9(11(12)16)15-6-4-14-10(15)8-13-5-7-17-2/h4,6,9,13H,3,5,7-8H2,1-2H3,(H2,12,16). The first kappa shape index (κ1) is 13.7. The molecule has 1 unspecified atom stereocenters. The van der Waals surface area contributed by atoms with Gasteiger partial charge in [-0.05, 0) is 6.42 Å². The molecule has 1 amide bonds. The number of imidazole rings is 1. The molecular formula is C11H20N4O2. The number of carbonyl (C=O) groups is 1. The zero-order chi connectivity index (χ0) is 12.7. The Kier molecular flexibility index (Phi) is 5.65. The van der Waals surface area contributed by atoms with Crippen molar-refractivity contribution in [1.82, 2.24) is 14.9 Å². The molecule has 17 heavy (non-hydrogen) atoms. The molecule has 0 aromatic carbocycles. The van der Waals surface area contributed by atoms with E-state index in [1.807, 2.05) is 11.5 Å². The minimum Gasteiger partial charge on any atom is -0.383 e. The lowest BCUT2D eigenvalue weighted by Gasteiger charge is -2.16. The van der Waals surface area contributed by atoms with Crippen LogP contribution in [0, 0.1) is 0 Å². The van der Waals surface area contributed by atoms with E-state index in [4.69, 9.17) is 10.5 Å². The SMILES string of the molecule is CCC(C(N)=O)n1ccnc1CNCCOC. The van der Waals surface area contributed by atoms with E-state index in [0.29, 0.717) is 19.6 Å². The molecule has 6 heteroatoms. The van der Waals surface area contributed by atoms with Gasteiger partial charge in [0.1, 0.15) is 11.9 Å². The molecule has 3 N–H and O–H groups in total. The van der Waals surface area contributed by atoms with Gasteiger partial charge in [0, 0.05) is 26.0 Å². The largest absolute Gasteiger partial charge is 0.383 e. The molecule has 0 aliphatic carbocycles. The van der Waals surface area contributed by atoms with Crippen LogP contribution in [0.1, 0.15) is 25.2 Å². The van der Waals surface area contributed by atoms with E-state index in [-0.39, 0.29) is 11.9 Å². The van der Waals surface area contributed by atoms with E-state index in [1.54, 1.807) is 19.5 Å². The zero-order valence-corrected chi connectivity index (χ0v) is 10.3. The highest BCUT2D eigenvalue weighted by Gasteiger charge is 2.17. The van der Waals surface area contributed by atoms with E-state index in [9.17, 15) is 4.79 Å². The molecule has 0 spiro atoms. The second-order valence-electron chi connectivity index (χ2n) is 3.75. The van der Waals surface area contributed by atoms with E-state index >= 15 is 0 Å². The Morgan fingerprint density at radius 1 is 1.71 bits per heavy atom. The Balaban J connectivity index is 2.61. The van der Waals surface area contributed by atoms with Crippen LogP contribution in [0.25, 0.3) is 0 Å². The molecule has 0 saturated carbocycles. The summed E-state index contributed by atoms with van der Waals surface area (Å²) >= 11 is 0. The molecule has 96 valence electrons. The third kappa shape index (κ3) is 3.83. The van der Waals surface area contributed by atoms with Crippen LogP contribution in [-0.4, -0.2) is 35.7 Å². The highest BCUT2D eigenvalue weighted by Crippen LogP contribution is 2.13. The molecule has 6 nitrogen and oxygen atoms in total. The van der Waals surface area contributed by atoms with Crippen LogP contribution in [0.4, 0.5) is 0 Å². The molecule has 0 bridgehead atoms. The van der Waals surface area contributed by atoms with Gasteiger partial charge in [-0.1, -0.05) is 6.92 Å². The van der Waals surface area contributed by atoms with Gasteiger partial charge in [0.25, 0.3) is 0 Å². The molecule has 0 aliphatic rings. The van der Waals surface area contributed by atoms with E-state index in [0.717, 1.165) is 12.4 Å². The number of methoxy groups -OCH3 is 1. The minimum atomic E-state index is -0.330. The second kappa shape index (κ2) is 7.03. The summed E-state index contributed by atoms with van der Waals surface area (Å²) in [4.78, 5) is 15.5. The summed E-state index contributed by atoms with van der Waals surface area (Å²) in [6.45, 7) is 3.92. The number of hydrogen-bond acceptors (Lipinski definition) is 4. The van der Waals surface area contributed by atoms with Crippen molar-refractivity contribution in [3.05, 3.63) is 18.2 Å². The topological polar surface area (TPSA) is 82.2 Å². The van der Waals surface area contributed by atoms with Crippen molar-refractivity contribution in [2.24, 2.45) is 5.73 Å². The van der Waals surface area contributed by atoms with Gasteiger partial charge in [-0.15, -0.1) is 0 Å². The maximum absolute atomic E-state index is 11.3. The summed E-state index contributed by atoms with van der Waals surface area (Å²) in [5.41, 5.74) is 5.36. The van der Waals surface area contributed by atoms with Crippen molar-refractivity contribution in [3.63, 3.8) is 0 Å². The average molecular weight is 240 g/mol. The number of aromatic nitrogens is 2. The first-order valence-electron chi connectivity index (χ1n) is 5.71. The van der Waals surface area contributed by atoms with Crippen LogP contribution < -0.4 is 11.1 Å². The number of nitrogens with zero attached hydrogens (tertiary/aromatic N) is 2. The molecule has 1 rings (SSSR count). The van der Waals surface area contributed by atoms with Crippen molar-refractivity contribution in [2.75, 3.05) is 20.3 Å². The summed E-state index contributed by atoms with van der Waals surface area (Å²) in [6.07, 6.45) is 4.13. The van der Waals surface area contributed by atoms with Gasteiger partial charge in [0.15, 0.2) is 0 Å². The molecule has 0 aliphatic heterocycles. The van der Waals surface area contributed by atoms with Gasteiger partial charge in [0.05, 0.1) is 13.2 Å². The maximum Gasteiger partial charge on any atom is 0.240 e. The van der Waals surface area contributed by atoms with Crippen LogP contribution in [0.2, 0.25) is 0 Å². The number of rotatable bonds is 8. The predicted molar refractivity (Wildman–Crippen MR) is 64.3 cm³/mol. The maximum atomic E-state index is 11.3. The van der Waals surface area contributed by atoms with Gasteiger partial charge < -0.3 is 20.4 Å². The zero-order valence-electron chi connectivity index (χ0n) is 10.3. The Bertz CT molecular complexity index is 351. The fraction of sp³-hybridized carbons (Fsp3) is 0.636. The molecule has 0 saturated heterocycles. The summed E-state index contributed by atoms with van der Waals surface area (Å²) in [5.74, 6) is 0.482. The highest BCUT2D eigenvalue weighted by atomic mass is 16.5. The van der Waals surface area contributed by atoms with Crippen LogP contribution >= 0.6 is 0 Å². The second-order valence-corrected chi connectivity index (χ2v) is 3.75. The lowest BCUT2D eigenvalue weighted by Crippen LogP contribution is -2.29. The van der Waals surface area contributed by atoms with Crippen molar-refractivity contribution in [2.45, 2.75) is 25.9 Å². The Morgan fingerprint density at radius 3 is 3.06 bits per heavy atom. The number of hydrogen-bond donors (Lipinski definition) is 2. The molecular weight excluding hydrogens is 220 g/mol. The van der Waals surface area contributed by atoms with E-state index in [1.165, 1.54) is 0 Å². The van der Waals surface area contributed by atoms with Crippen LogP contribution in [0.15, 0.2) is 12.4 Å². The Morgan fingerprint density at radius 2 is 2.47 bits per heavy atom. The van der Waals surface area contributed by atoms with Gasteiger partial charge in [0.2, 0.25) is 5.91 Å². The Labute approximate surface area is 101 Å². The smallest absolute Gasteiger partial charge is 0.240 e. The van der Waals surface area contributed by atoms with Crippen molar-refractivity contribution < 1.29 is 9.53 Å². The summed E-state index contributed by atoms with van der Waals surface area (Å²) in [6, 6.07) is -0.322. The average Bonchev–Trinajstić information content (AvgIpc) is 2.73. The third-order valence-corrected chi connectivity index (χ3v) is 2.57. The van der Waals surface area contributed by atoms with Crippen molar-refractivity contribution >= 4 is 5.91 Å². The number of nitrogens with two attached hydrogens (primary N) is 1. The fourth-order valence-corrected chi connectivity index (χ4v) is 1.67. The molecule has 0 fully saturated rings. The van der Waals surface area contributed by atoms with Crippen LogP contribution in [0.5, 0.6) is 0 Å². The van der Waals surface area contributed by atoms with Gasteiger partial charge in [-0.3, -0.25) is 4.79 Å². The molecule has 0 radical (unpaired) electrons. The fourth-order valence-electron chi connectivity index (χ4n) is 1.67. The molecule has 1 aromatic rings. The first-order chi connectivity index (χ1) is 8.20. The monoisotopic (exact) mass is 240 g/mol. The third-order valence-electron chi connectivity index (χ3n) is 2.57. The van der Waals surface area contributed by atoms with Gasteiger partial charge in [-0.2, -0.15) is 0 Å². The lowest BCUT2D eigenvalue weighted by atomic mass is 10.2. The molecule has 1 atom stereocenters. The summed E-state index contributed by atoms with van der Waals surface area (Å²) in [7, 11) is 1.66. The van der Waals surface area contributed by atoms with Crippen LogP contribution in [0.3, 0.4) is 0 Å². The van der Waals surface area contributed by atoms with E-state index in [2.05, 4.69) is 10.3 Å². The normalized spacial score (nSPS) is 12.6. The predicted octanol–water partition coefficient (Wildman–Crippen LogP) is 0.0555. The first-order valence-corrected chi connectivity index (χ1v) is 5.71. The summed E-state index contributed by atoms with van der Waals surface area (Å²) < 4.78 is 6.76.